The first-order valence-electron chi connectivity index (χ1n) is 14.8. The molecule has 196 valence electrons. The molecule has 6 aliphatic carbocycles. The second-order valence-electron chi connectivity index (χ2n) is 13.9. The van der Waals surface area contributed by atoms with Crippen LogP contribution in [0, 0.1) is 40.4 Å². The number of aliphatic hydroxyl groups is 1. The molecule has 5 fully saturated rings. The van der Waals surface area contributed by atoms with Gasteiger partial charge in [-0.25, -0.2) is 0 Å². The van der Waals surface area contributed by atoms with Gasteiger partial charge in [-0.15, -0.1) is 0 Å². The number of fused-ring (bicyclic) bond motifs is 5. The zero-order valence-electron chi connectivity index (χ0n) is 22.6. The summed E-state index contributed by atoms with van der Waals surface area (Å²) in [5, 5.41) is 11.7. The van der Waals surface area contributed by atoms with Crippen molar-refractivity contribution in [3.05, 3.63) is 11.6 Å². The molecule has 0 heterocycles. The maximum atomic E-state index is 13.7. The average Bonchev–Trinajstić information content (AvgIpc) is 3.57. The van der Waals surface area contributed by atoms with Crippen molar-refractivity contribution in [2.24, 2.45) is 40.4 Å². The van der Waals surface area contributed by atoms with Gasteiger partial charge in [-0.2, -0.15) is 0 Å². The van der Waals surface area contributed by atoms with E-state index in [1.165, 1.54) is 56.9 Å². The van der Waals surface area contributed by atoms with Crippen LogP contribution in [0.3, 0.4) is 0 Å². The minimum atomic E-state index is -0.429. The van der Waals surface area contributed by atoms with Crippen molar-refractivity contribution in [1.82, 2.24) is 0 Å². The Labute approximate surface area is 212 Å². The molecule has 0 bridgehead atoms. The van der Waals surface area contributed by atoms with Gasteiger partial charge in [0.2, 0.25) is 0 Å². The fourth-order valence-electron chi connectivity index (χ4n) is 11.1. The Morgan fingerprint density at radius 2 is 1.46 bits per heavy atom. The summed E-state index contributed by atoms with van der Waals surface area (Å²) in [6, 6.07) is 0. The molecule has 8 atom stereocenters. The predicted molar refractivity (Wildman–Crippen MR) is 137 cm³/mol. The van der Waals surface area contributed by atoms with Gasteiger partial charge in [-0.05, 0) is 92.3 Å². The number of carbonyl (C=O) groups is 1. The van der Waals surface area contributed by atoms with Crippen LogP contribution in [0.5, 0.6) is 0 Å². The van der Waals surface area contributed by atoms with Gasteiger partial charge in [0, 0.05) is 20.6 Å². The molecule has 0 saturated heterocycles. The molecule has 6 aliphatic rings. The van der Waals surface area contributed by atoms with E-state index >= 15 is 0 Å². The molecule has 4 heteroatoms. The van der Waals surface area contributed by atoms with E-state index in [1.54, 1.807) is 0 Å². The molecule has 0 aliphatic heterocycles. The maximum absolute atomic E-state index is 13.7. The van der Waals surface area contributed by atoms with Crippen LogP contribution in [0.2, 0.25) is 0 Å². The summed E-state index contributed by atoms with van der Waals surface area (Å²) >= 11 is 0. The fourth-order valence-corrected chi connectivity index (χ4v) is 11.1. The largest absolute Gasteiger partial charge is 0.389 e. The number of rotatable bonds is 4. The fraction of sp³-hybridized carbons (Fsp3) is 0.903. The molecule has 0 aromatic carbocycles. The summed E-state index contributed by atoms with van der Waals surface area (Å²) in [7, 11) is 3.76. The Balaban J connectivity index is 1.31. The summed E-state index contributed by atoms with van der Waals surface area (Å²) in [4.78, 5) is 13.7. The summed E-state index contributed by atoms with van der Waals surface area (Å²) < 4.78 is 12.4. The molecule has 0 aromatic heterocycles. The summed E-state index contributed by atoms with van der Waals surface area (Å²) in [6.07, 6.45) is 17.5. The molecule has 0 amide bonds. The lowest BCUT2D eigenvalue weighted by atomic mass is 9.45. The number of hydrogen-bond acceptors (Lipinski definition) is 4. The van der Waals surface area contributed by atoms with Crippen LogP contribution >= 0.6 is 0 Å². The van der Waals surface area contributed by atoms with E-state index in [9.17, 15) is 9.90 Å². The minimum absolute atomic E-state index is 0.00139. The molecule has 0 spiro atoms. The van der Waals surface area contributed by atoms with Crippen LogP contribution in [0.25, 0.3) is 0 Å². The molecular weight excluding hydrogens is 436 g/mol. The van der Waals surface area contributed by atoms with Gasteiger partial charge in [-0.1, -0.05) is 51.2 Å². The maximum Gasteiger partial charge on any atom is 0.139 e. The van der Waals surface area contributed by atoms with Crippen molar-refractivity contribution in [3.8, 4) is 0 Å². The molecule has 3 unspecified atom stereocenters. The van der Waals surface area contributed by atoms with Crippen molar-refractivity contribution < 1.29 is 19.4 Å². The highest BCUT2D eigenvalue weighted by Crippen LogP contribution is 2.68. The van der Waals surface area contributed by atoms with Gasteiger partial charge in [0.1, 0.15) is 5.78 Å². The van der Waals surface area contributed by atoms with Gasteiger partial charge in [0.15, 0.2) is 0 Å². The number of carbonyl (C=O) groups excluding carboxylic acids is 1. The van der Waals surface area contributed by atoms with Crippen molar-refractivity contribution in [3.63, 3.8) is 0 Å². The van der Waals surface area contributed by atoms with Crippen molar-refractivity contribution in [2.75, 3.05) is 14.2 Å². The summed E-state index contributed by atoms with van der Waals surface area (Å²) in [6.45, 7) is 4.88. The number of Topliss-reactive ketones (excluding diaryl/α,β-unsaturated/α-hetero) is 1. The Morgan fingerprint density at radius 1 is 0.829 bits per heavy atom. The lowest BCUT2D eigenvalue weighted by molar-refractivity contribution is -0.151. The lowest BCUT2D eigenvalue weighted by Gasteiger charge is -2.60. The normalized spacial score (nSPS) is 48.3. The van der Waals surface area contributed by atoms with Crippen molar-refractivity contribution in [2.45, 2.75) is 121 Å². The van der Waals surface area contributed by atoms with Gasteiger partial charge in [-0.3, -0.25) is 4.79 Å². The first-order chi connectivity index (χ1) is 16.7. The summed E-state index contributed by atoms with van der Waals surface area (Å²) in [5.74, 6) is 1.94. The lowest BCUT2D eigenvalue weighted by Crippen LogP contribution is -2.57. The van der Waals surface area contributed by atoms with E-state index < -0.39 is 6.10 Å². The van der Waals surface area contributed by atoms with E-state index in [0.717, 1.165) is 32.1 Å². The standard InChI is InChI=1S/C31H48O4/c1-28-15-9-20(30(34-3)11-5-6-12-30)17-21(28)18-24(32)26-22(28)10-16-29(2)23(26)19-25(33)27(29)31(35-4)13-7-8-14-31/h18,20,22-24,26-27,32H,5-17,19H2,1-4H3/t20-,22?,23?,24+,26?,27-,28-,29-/m0/s1. The zero-order chi connectivity index (χ0) is 24.6. The van der Waals surface area contributed by atoms with Crippen LogP contribution < -0.4 is 0 Å². The number of ether oxygens (including phenoxy) is 2. The van der Waals surface area contributed by atoms with E-state index in [2.05, 4.69) is 19.9 Å². The topological polar surface area (TPSA) is 55.8 Å². The minimum Gasteiger partial charge on any atom is -0.389 e. The van der Waals surface area contributed by atoms with E-state index in [0.29, 0.717) is 24.0 Å². The number of methoxy groups -OCH3 is 2. The zero-order valence-corrected chi connectivity index (χ0v) is 22.6. The van der Waals surface area contributed by atoms with E-state index in [-0.39, 0.29) is 39.8 Å². The molecule has 0 aromatic rings. The number of ketones is 1. The van der Waals surface area contributed by atoms with Crippen LogP contribution in [0.15, 0.2) is 11.6 Å². The monoisotopic (exact) mass is 484 g/mol. The van der Waals surface area contributed by atoms with E-state index in [4.69, 9.17) is 9.47 Å². The highest BCUT2D eigenvalue weighted by molar-refractivity contribution is 5.86. The highest BCUT2D eigenvalue weighted by atomic mass is 16.5. The molecule has 4 nitrogen and oxygen atoms in total. The Kier molecular flexibility index (Phi) is 5.91. The average molecular weight is 485 g/mol. The first-order valence-corrected chi connectivity index (χ1v) is 14.8. The van der Waals surface area contributed by atoms with Crippen molar-refractivity contribution in [1.29, 1.82) is 0 Å². The van der Waals surface area contributed by atoms with Gasteiger partial charge in [0.05, 0.1) is 23.2 Å². The molecule has 1 N–H and O–H groups in total. The number of allylic oxidation sites excluding steroid dienone is 1. The molecule has 5 saturated carbocycles. The Hall–Kier alpha value is -0.710. The predicted octanol–water partition coefficient (Wildman–Crippen LogP) is 6.25. The van der Waals surface area contributed by atoms with Gasteiger partial charge >= 0.3 is 0 Å². The molecule has 0 radical (unpaired) electrons. The third kappa shape index (κ3) is 3.31. The quantitative estimate of drug-likeness (QED) is 0.479. The van der Waals surface area contributed by atoms with Crippen LogP contribution in [0.4, 0.5) is 0 Å². The SMILES string of the molecule is COC1([C@H]2CC[C@@]3(C)C(=C[C@@H](O)C4C3CC[C@@]3(C)C4CC(=O)[C@@H]3C3(OC)CCCC3)C2)CCCC1. The number of aliphatic hydroxyl groups excluding tert-OH is 1. The Bertz CT molecular complexity index is 880. The first kappa shape index (κ1) is 24.6. The summed E-state index contributed by atoms with van der Waals surface area (Å²) in [5.41, 5.74) is 1.38. The third-order valence-electron chi connectivity index (χ3n) is 13.0. The van der Waals surface area contributed by atoms with Gasteiger partial charge in [0.25, 0.3) is 0 Å². The van der Waals surface area contributed by atoms with Crippen LogP contribution in [-0.4, -0.2) is 42.4 Å². The van der Waals surface area contributed by atoms with Crippen molar-refractivity contribution >= 4 is 5.78 Å². The van der Waals surface area contributed by atoms with E-state index in [1.807, 2.05) is 14.2 Å². The van der Waals surface area contributed by atoms with Gasteiger partial charge < -0.3 is 14.6 Å². The number of hydrogen-bond donors (Lipinski definition) is 1. The Morgan fingerprint density at radius 3 is 2.09 bits per heavy atom. The second kappa shape index (κ2) is 8.40. The second-order valence-corrected chi connectivity index (χ2v) is 13.9. The van der Waals surface area contributed by atoms with Crippen LogP contribution in [0.1, 0.15) is 104 Å². The molecular formula is C31H48O4. The van der Waals surface area contributed by atoms with Crippen LogP contribution in [-0.2, 0) is 14.3 Å². The smallest absolute Gasteiger partial charge is 0.139 e. The highest BCUT2D eigenvalue weighted by Gasteiger charge is 2.67. The molecule has 35 heavy (non-hydrogen) atoms. The third-order valence-corrected chi connectivity index (χ3v) is 13.0. The molecule has 6 rings (SSSR count).